The molecular weight excluding hydrogens is 412 g/mol. The number of amides is 1. The first-order valence-corrected chi connectivity index (χ1v) is 10.6. The molecule has 33 heavy (non-hydrogen) atoms. The summed E-state index contributed by atoms with van der Waals surface area (Å²) < 4.78 is 0. The molecule has 7 heteroatoms. The van der Waals surface area contributed by atoms with E-state index in [1.165, 1.54) is 6.20 Å². The molecule has 0 fully saturated rings. The highest BCUT2D eigenvalue weighted by Gasteiger charge is 2.36. The van der Waals surface area contributed by atoms with E-state index >= 15 is 0 Å². The van der Waals surface area contributed by atoms with Gasteiger partial charge in [0, 0.05) is 25.0 Å². The zero-order valence-corrected chi connectivity index (χ0v) is 17.9. The van der Waals surface area contributed by atoms with Crippen LogP contribution in [0.15, 0.2) is 79.4 Å². The largest absolute Gasteiger partial charge is 0.397 e. The number of nitrogens with zero attached hydrogens (tertiary/aromatic N) is 4. The van der Waals surface area contributed by atoms with Crippen LogP contribution in [0.5, 0.6) is 0 Å². The number of carbonyl (C=O) groups excluding carboxylic acids is 1. The van der Waals surface area contributed by atoms with Gasteiger partial charge >= 0.3 is 0 Å². The standard InChI is InChI=1S/C26H20N6O/c1-32(26(33)17-9-11-28-13-20(17)27)24-16-6-3-2-5-15(16)23-18(24)7-4-8-19(23)25-30-21-10-12-29-14-22(21)31-25/h2-14,24H,27H2,1H3,(H,30,31). The van der Waals surface area contributed by atoms with Crippen LogP contribution < -0.4 is 5.73 Å². The van der Waals surface area contributed by atoms with Gasteiger partial charge in [-0.3, -0.25) is 14.8 Å². The SMILES string of the molecule is CN(C(=O)c1ccncc1N)C1c2ccccc2-c2c(-c3nc4ccncc4[nH]3)cccc21. The molecule has 160 valence electrons. The van der Waals surface area contributed by atoms with Gasteiger partial charge in [-0.25, -0.2) is 4.98 Å². The summed E-state index contributed by atoms with van der Waals surface area (Å²) in [5, 5.41) is 0. The minimum atomic E-state index is -0.248. The molecule has 3 heterocycles. The van der Waals surface area contributed by atoms with Gasteiger partial charge < -0.3 is 15.6 Å². The number of imidazole rings is 1. The lowest BCUT2D eigenvalue weighted by atomic mass is 9.98. The molecule has 3 aromatic heterocycles. The van der Waals surface area contributed by atoms with Crippen molar-refractivity contribution in [3.8, 4) is 22.5 Å². The average Bonchev–Trinajstić information content (AvgIpc) is 3.43. The lowest BCUT2D eigenvalue weighted by molar-refractivity contribution is 0.0758. The fourth-order valence-corrected chi connectivity index (χ4v) is 4.74. The number of hydrogen-bond donors (Lipinski definition) is 2. The minimum absolute atomic E-state index is 0.150. The lowest BCUT2D eigenvalue weighted by Gasteiger charge is -2.27. The second-order valence-corrected chi connectivity index (χ2v) is 8.12. The molecule has 0 spiro atoms. The predicted molar refractivity (Wildman–Crippen MR) is 127 cm³/mol. The molecule has 0 aliphatic heterocycles. The molecule has 1 atom stereocenters. The number of H-pyrrole nitrogens is 1. The summed E-state index contributed by atoms with van der Waals surface area (Å²) in [5.74, 6) is 0.625. The van der Waals surface area contributed by atoms with Gasteiger partial charge in [0.2, 0.25) is 0 Å². The first kappa shape index (κ1) is 19.2. The topological polar surface area (TPSA) is 101 Å². The van der Waals surface area contributed by atoms with Crippen molar-refractivity contribution < 1.29 is 4.79 Å². The molecule has 6 rings (SSSR count). The van der Waals surface area contributed by atoms with Crippen molar-refractivity contribution in [3.63, 3.8) is 0 Å². The van der Waals surface area contributed by atoms with Gasteiger partial charge in [0.25, 0.3) is 5.91 Å². The number of carbonyl (C=O) groups is 1. The predicted octanol–water partition coefficient (Wildman–Crippen LogP) is 4.44. The van der Waals surface area contributed by atoms with Gasteiger partial charge in [-0.1, -0.05) is 42.5 Å². The zero-order chi connectivity index (χ0) is 22.5. The van der Waals surface area contributed by atoms with E-state index < -0.39 is 0 Å². The maximum absolute atomic E-state index is 13.4. The Bertz CT molecular complexity index is 1510. The van der Waals surface area contributed by atoms with Crippen LogP contribution in [-0.4, -0.2) is 37.8 Å². The molecule has 0 saturated heterocycles. The first-order valence-electron chi connectivity index (χ1n) is 10.6. The van der Waals surface area contributed by atoms with E-state index in [4.69, 9.17) is 10.7 Å². The fraction of sp³-hybridized carbons (Fsp3) is 0.0769. The number of anilines is 1. The summed E-state index contributed by atoms with van der Waals surface area (Å²) in [6.45, 7) is 0. The van der Waals surface area contributed by atoms with Crippen molar-refractivity contribution in [2.75, 3.05) is 12.8 Å². The number of nitrogen functional groups attached to an aromatic ring is 1. The molecule has 1 aliphatic carbocycles. The van der Waals surface area contributed by atoms with Gasteiger partial charge in [-0.2, -0.15) is 0 Å². The Morgan fingerprint density at radius 1 is 0.939 bits per heavy atom. The fourth-order valence-electron chi connectivity index (χ4n) is 4.74. The second kappa shape index (κ2) is 7.27. The van der Waals surface area contributed by atoms with E-state index in [-0.39, 0.29) is 11.9 Å². The number of pyridine rings is 2. The number of aromatic nitrogens is 4. The third kappa shape index (κ3) is 2.90. The third-order valence-electron chi connectivity index (χ3n) is 6.24. The summed E-state index contributed by atoms with van der Waals surface area (Å²) >= 11 is 0. The summed E-state index contributed by atoms with van der Waals surface area (Å²) in [4.78, 5) is 31.6. The molecule has 3 N–H and O–H groups in total. The van der Waals surface area contributed by atoms with Crippen LogP contribution in [0.3, 0.4) is 0 Å². The van der Waals surface area contributed by atoms with Crippen LogP contribution in [0.4, 0.5) is 5.69 Å². The Kier molecular flexibility index (Phi) is 4.23. The van der Waals surface area contributed by atoms with Crippen LogP contribution in [0.1, 0.15) is 27.5 Å². The van der Waals surface area contributed by atoms with E-state index in [1.807, 2.05) is 31.3 Å². The summed E-state index contributed by atoms with van der Waals surface area (Å²) in [6.07, 6.45) is 6.60. The molecular formula is C26H20N6O. The van der Waals surface area contributed by atoms with E-state index in [9.17, 15) is 4.79 Å². The number of nitrogens with two attached hydrogens (primary N) is 1. The molecule has 1 unspecified atom stereocenters. The number of benzene rings is 2. The number of hydrogen-bond acceptors (Lipinski definition) is 5. The van der Waals surface area contributed by atoms with Gasteiger partial charge in [-0.05, 0) is 34.4 Å². The lowest BCUT2D eigenvalue weighted by Crippen LogP contribution is -2.31. The monoisotopic (exact) mass is 432 g/mol. The minimum Gasteiger partial charge on any atom is -0.397 e. The highest BCUT2D eigenvalue weighted by atomic mass is 16.2. The highest BCUT2D eigenvalue weighted by Crippen LogP contribution is 2.49. The quantitative estimate of drug-likeness (QED) is 0.439. The van der Waals surface area contributed by atoms with Crippen LogP contribution >= 0.6 is 0 Å². The Labute approximate surface area is 190 Å². The molecule has 2 aromatic carbocycles. The Balaban J connectivity index is 1.52. The van der Waals surface area contributed by atoms with Crippen molar-refractivity contribution in [2.24, 2.45) is 0 Å². The zero-order valence-electron chi connectivity index (χ0n) is 17.9. The molecule has 5 aromatic rings. The Hall–Kier alpha value is -4.52. The van der Waals surface area contributed by atoms with E-state index in [0.717, 1.165) is 44.7 Å². The smallest absolute Gasteiger partial charge is 0.256 e. The van der Waals surface area contributed by atoms with Crippen LogP contribution in [0.2, 0.25) is 0 Å². The summed E-state index contributed by atoms with van der Waals surface area (Å²) in [5.41, 5.74) is 13.9. The van der Waals surface area contributed by atoms with Crippen LogP contribution in [0.25, 0.3) is 33.5 Å². The van der Waals surface area contributed by atoms with E-state index in [0.29, 0.717) is 11.3 Å². The maximum Gasteiger partial charge on any atom is 0.256 e. The molecule has 1 aliphatic rings. The first-order chi connectivity index (χ1) is 16.1. The third-order valence-corrected chi connectivity index (χ3v) is 6.24. The van der Waals surface area contributed by atoms with Crippen molar-refractivity contribution in [3.05, 3.63) is 96.1 Å². The van der Waals surface area contributed by atoms with E-state index in [1.54, 1.807) is 29.6 Å². The molecule has 0 radical (unpaired) electrons. The van der Waals surface area contributed by atoms with Crippen molar-refractivity contribution >= 4 is 22.6 Å². The second-order valence-electron chi connectivity index (χ2n) is 8.12. The van der Waals surface area contributed by atoms with Crippen LogP contribution in [0, 0.1) is 0 Å². The van der Waals surface area contributed by atoms with Gasteiger partial charge in [-0.15, -0.1) is 0 Å². The van der Waals surface area contributed by atoms with Crippen molar-refractivity contribution in [1.82, 2.24) is 24.8 Å². The van der Waals surface area contributed by atoms with E-state index in [2.05, 4.69) is 39.2 Å². The molecule has 1 amide bonds. The number of rotatable bonds is 3. The molecule has 0 bridgehead atoms. The molecule has 0 saturated carbocycles. The van der Waals surface area contributed by atoms with Crippen LogP contribution in [-0.2, 0) is 0 Å². The number of aromatic amines is 1. The van der Waals surface area contributed by atoms with Crippen molar-refractivity contribution in [2.45, 2.75) is 6.04 Å². The Morgan fingerprint density at radius 3 is 2.55 bits per heavy atom. The molecule has 7 nitrogen and oxygen atoms in total. The van der Waals surface area contributed by atoms with Gasteiger partial charge in [0.1, 0.15) is 5.82 Å². The number of fused-ring (bicyclic) bond motifs is 4. The normalized spacial score (nSPS) is 14.2. The van der Waals surface area contributed by atoms with Crippen molar-refractivity contribution in [1.29, 1.82) is 0 Å². The highest BCUT2D eigenvalue weighted by molar-refractivity contribution is 6.00. The summed E-state index contributed by atoms with van der Waals surface area (Å²) in [7, 11) is 1.82. The van der Waals surface area contributed by atoms with Gasteiger partial charge in [0.15, 0.2) is 0 Å². The number of nitrogens with one attached hydrogen (secondary N) is 1. The summed E-state index contributed by atoms with van der Waals surface area (Å²) in [6, 6.07) is 17.7. The average molecular weight is 432 g/mol. The van der Waals surface area contributed by atoms with Gasteiger partial charge in [0.05, 0.1) is 40.7 Å². The Morgan fingerprint density at radius 2 is 1.70 bits per heavy atom. The maximum atomic E-state index is 13.4.